The van der Waals surface area contributed by atoms with E-state index in [2.05, 4.69) is 38.0 Å². The molecule has 0 amide bonds. The minimum atomic E-state index is 0. The first-order valence-electron chi connectivity index (χ1n) is 6.95. The molecule has 20 heavy (non-hydrogen) atoms. The normalized spacial score (nSPS) is 20.3. The van der Waals surface area contributed by atoms with Gasteiger partial charge >= 0.3 is 0 Å². The van der Waals surface area contributed by atoms with Crippen molar-refractivity contribution in [2.24, 2.45) is 10.9 Å². The molecule has 2 N–H and O–H groups in total. The zero-order valence-corrected chi connectivity index (χ0v) is 15.4. The summed E-state index contributed by atoms with van der Waals surface area (Å²) in [4.78, 5) is 8.20. The molecule has 0 aliphatic carbocycles. The Labute approximate surface area is 143 Å². The second-order valence-corrected chi connectivity index (χ2v) is 6.06. The van der Waals surface area contributed by atoms with Crippen LogP contribution in [0.4, 0.5) is 0 Å². The third-order valence-corrected chi connectivity index (χ3v) is 4.44. The predicted octanol–water partition coefficient (Wildman–Crippen LogP) is 2.37. The van der Waals surface area contributed by atoms with Gasteiger partial charge in [0.1, 0.15) is 0 Å². The molecule has 1 unspecified atom stereocenters. The van der Waals surface area contributed by atoms with Crippen LogP contribution in [0.25, 0.3) is 0 Å². The van der Waals surface area contributed by atoms with Gasteiger partial charge in [0.05, 0.1) is 0 Å². The Morgan fingerprint density at radius 2 is 2.40 bits per heavy atom. The van der Waals surface area contributed by atoms with Gasteiger partial charge < -0.3 is 10.6 Å². The summed E-state index contributed by atoms with van der Waals surface area (Å²) in [7, 11) is 3.71. The molecule has 2 rings (SSSR count). The van der Waals surface area contributed by atoms with E-state index in [1.165, 1.54) is 30.8 Å². The highest BCUT2D eigenvalue weighted by molar-refractivity contribution is 14.0. The van der Waals surface area contributed by atoms with Crippen LogP contribution >= 0.6 is 35.3 Å². The van der Waals surface area contributed by atoms with Crippen molar-refractivity contribution >= 4 is 41.3 Å². The first-order valence-corrected chi connectivity index (χ1v) is 7.83. The number of nitrogens with one attached hydrogen (secondary N) is 2. The van der Waals surface area contributed by atoms with Crippen LogP contribution in [0.3, 0.4) is 0 Å². The van der Waals surface area contributed by atoms with Crippen molar-refractivity contribution in [2.75, 3.05) is 33.7 Å². The average Bonchev–Trinajstić information content (AvgIpc) is 2.93. The summed E-state index contributed by atoms with van der Waals surface area (Å²) >= 11 is 1.86. The smallest absolute Gasteiger partial charge is 0.190 e. The third kappa shape index (κ3) is 5.57. The number of aliphatic imine (C=N–C) groups is 1. The number of rotatable bonds is 4. The Kier molecular flexibility index (Phi) is 8.47. The number of nitrogens with zero attached hydrogens (tertiary/aromatic N) is 2. The predicted molar refractivity (Wildman–Crippen MR) is 98.2 cm³/mol. The van der Waals surface area contributed by atoms with E-state index in [1.54, 1.807) is 0 Å². The molecule has 0 saturated carbocycles. The monoisotopic (exact) mass is 408 g/mol. The maximum absolute atomic E-state index is 4.15. The van der Waals surface area contributed by atoms with E-state index in [-0.39, 0.29) is 24.0 Å². The molecule has 0 aromatic carbocycles. The molecule has 1 saturated heterocycles. The van der Waals surface area contributed by atoms with Gasteiger partial charge in [-0.25, -0.2) is 0 Å². The van der Waals surface area contributed by atoms with Gasteiger partial charge in [-0.15, -0.1) is 35.3 Å². The first-order chi connectivity index (χ1) is 9.31. The molecule has 6 heteroatoms. The van der Waals surface area contributed by atoms with Gasteiger partial charge in [-0.3, -0.25) is 9.89 Å². The lowest BCUT2D eigenvalue weighted by atomic mass is 9.98. The van der Waals surface area contributed by atoms with Crippen molar-refractivity contribution in [1.82, 2.24) is 15.5 Å². The summed E-state index contributed by atoms with van der Waals surface area (Å²) in [6.07, 6.45) is 2.62. The number of guanidine groups is 1. The highest BCUT2D eigenvalue weighted by Gasteiger charge is 2.20. The molecule has 114 valence electrons. The van der Waals surface area contributed by atoms with Crippen LogP contribution in [0.15, 0.2) is 22.5 Å². The maximum Gasteiger partial charge on any atom is 0.190 e. The quantitative estimate of drug-likeness (QED) is 0.457. The van der Waals surface area contributed by atoms with Gasteiger partial charge in [-0.1, -0.05) is 6.07 Å². The lowest BCUT2D eigenvalue weighted by molar-refractivity contribution is 0.169. The van der Waals surface area contributed by atoms with Gasteiger partial charge in [-0.05, 0) is 36.8 Å². The van der Waals surface area contributed by atoms with E-state index >= 15 is 0 Å². The molecule has 1 fully saturated rings. The maximum atomic E-state index is 4.15. The molecule has 0 radical (unpaired) electrons. The fraction of sp³-hybridized carbons (Fsp3) is 0.643. The largest absolute Gasteiger partial charge is 0.359 e. The van der Waals surface area contributed by atoms with Crippen molar-refractivity contribution in [3.05, 3.63) is 22.4 Å². The van der Waals surface area contributed by atoms with E-state index in [0.29, 0.717) is 0 Å². The van der Waals surface area contributed by atoms with Gasteiger partial charge in [0.15, 0.2) is 5.96 Å². The molecular formula is C14H25IN4S. The molecule has 0 spiro atoms. The van der Waals surface area contributed by atoms with Gasteiger partial charge in [0.25, 0.3) is 0 Å². The zero-order valence-electron chi connectivity index (χ0n) is 12.3. The van der Waals surface area contributed by atoms with E-state index in [4.69, 9.17) is 0 Å². The summed E-state index contributed by atoms with van der Waals surface area (Å²) in [5.41, 5.74) is 0. The molecular weight excluding hydrogens is 383 g/mol. The van der Waals surface area contributed by atoms with Crippen LogP contribution in [-0.2, 0) is 6.54 Å². The summed E-state index contributed by atoms with van der Waals surface area (Å²) in [5, 5.41) is 8.61. The molecule has 1 aliphatic rings. The van der Waals surface area contributed by atoms with Crippen LogP contribution in [0.5, 0.6) is 0 Å². The van der Waals surface area contributed by atoms with E-state index in [0.717, 1.165) is 25.0 Å². The standard InChI is InChI=1S/C14H24N4S.HI/c1-15-14(16-2)17-9-12-5-3-7-18(10-12)11-13-6-4-8-19-13;/h4,6,8,12H,3,5,7,9-11H2,1-2H3,(H2,15,16,17);1H. The highest BCUT2D eigenvalue weighted by Crippen LogP contribution is 2.19. The van der Waals surface area contributed by atoms with Crippen LogP contribution in [0.2, 0.25) is 0 Å². The molecule has 1 atom stereocenters. The second-order valence-electron chi connectivity index (χ2n) is 5.03. The Hall–Kier alpha value is -0.340. The summed E-state index contributed by atoms with van der Waals surface area (Å²) < 4.78 is 0. The lowest BCUT2D eigenvalue weighted by Crippen LogP contribution is -2.43. The Morgan fingerprint density at radius 3 is 3.05 bits per heavy atom. The Bertz CT molecular complexity index is 394. The number of likely N-dealkylation sites (tertiary alicyclic amines) is 1. The summed E-state index contributed by atoms with van der Waals surface area (Å²) in [6.45, 7) is 4.53. The fourth-order valence-corrected chi connectivity index (χ4v) is 3.35. The molecule has 2 heterocycles. The van der Waals surface area contributed by atoms with Crippen LogP contribution < -0.4 is 10.6 Å². The van der Waals surface area contributed by atoms with Gasteiger partial charge in [0.2, 0.25) is 0 Å². The number of piperidine rings is 1. The average molecular weight is 408 g/mol. The molecule has 4 nitrogen and oxygen atoms in total. The summed E-state index contributed by atoms with van der Waals surface area (Å²) in [6, 6.07) is 4.37. The Balaban J connectivity index is 0.00000200. The van der Waals surface area contributed by atoms with Crippen LogP contribution in [0, 0.1) is 5.92 Å². The van der Waals surface area contributed by atoms with E-state index in [9.17, 15) is 0 Å². The summed E-state index contributed by atoms with van der Waals surface area (Å²) in [5.74, 6) is 1.61. The first kappa shape index (κ1) is 17.7. The van der Waals surface area contributed by atoms with Gasteiger partial charge in [-0.2, -0.15) is 0 Å². The number of thiophene rings is 1. The van der Waals surface area contributed by atoms with Crippen molar-refractivity contribution in [3.63, 3.8) is 0 Å². The number of halogens is 1. The molecule has 1 aromatic rings. The van der Waals surface area contributed by atoms with E-state index < -0.39 is 0 Å². The van der Waals surface area contributed by atoms with Crippen LogP contribution in [0.1, 0.15) is 17.7 Å². The van der Waals surface area contributed by atoms with Crippen molar-refractivity contribution in [2.45, 2.75) is 19.4 Å². The van der Waals surface area contributed by atoms with Crippen LogP contribution in [-0.4, -0.2) is 44.6 Å². The number of hydrogen-bond donors (Lipinski definition) is 2. The topological polar surface area (TPSA) is 39.7 Å². The Morgan fingerprint density at radius 1 is 1.55 bits per heavy atom. The van der Waals surface area contributed by atoms with E-state index in [1.807, 2.05) is 25.4 Å². The second kappa shape index (κ2) is 9.57. The lowest BCUT2D eigenvalue weighted by Gasteiger charge is -2.32. The minimum Gasteiger partial charge on any atom is -0.359 e. The van der Waals surface area contributed by atoms with Crippen molar-refractivity contribution in [1.29, 1.82) is 0 Å². The molecule has 1 aromatic heterocycles. The fourth-order valence-electron chi connectivity index (χ4n) is 2.60. The van der Waals surface area contributed by atoms with Gasteiger partial charge in [0, 0.05) is 38.6 Å². The van der Waals surface area contributed by atoms with Crippen molar-refractivity contribution < 1.29 is 0 Å². The number of hydrogen-bond acceptors (Lipinski definition) is 3. The highest BCUT2D eigenvalue weighted by atomic mass is 127. The molecule has 0 bridgehead atoms. The van der Waals surface area contributed by atoms with Crippen molar-refractivity contribution in [3.8, 4) is 0 Å². The molecule has 1 aliphatic heterocycles. The SMILES string of the molecule is CN=C(NC)NCC1CCCN(Cc2cccs2)C1.I. The third-order valence-electron chi connectivity index (χ3n) is 3.58. The minimum absolute atomic E-state index is 0. The zero-order chi connectivity index (χ0) is 13.5.